The number of rotatable bonds is 36. The minimum absolute atomic E-state index is 0.0567. The third kappa shape index (κ3) is 20.5. The summed E-state index contributed by atoms with van der Waals surface area (Å²) >= 11 is 0. The summed E-state index contributed by atoms with van der Waals surface area (Å²) in [5.74, 6) is -0.818. The Hall–Kier alpha value is -2.30. The van der Waals surface area contributed by atoms with Gasteiger partial charge in [-0.25, -0.2) is 0 Å². The average molecular weight is 709 g/mol. The molecule has 0 aliphatic carbocycles. The van der Waals surface area contributed by atoms with Crippen LogP contribution in [0.2, 0.25) is 0 Å². The number of benzene rings is 1. The first-order chi connectivity index (χ1) is 24.8. The van der Waals surface area contributed by atoms with Gasteiger partial charge in [-0.05, 0) is 25.7 Å². The van der Waals surface area contributed by atoms with Crippen molar-refractivity contribution in [1.82, 2.24) is 0 Å². The molecule has 0 aliphatic rings. The molecule has 51 heavy (non-hydrogen) atoms. The van der Waals surface area contributed by atoms with Crippen LogP contribution in [0.1, 0.15) is 275 Å². The summed E-state index contributed by atoms with van der Waals surface area (Å²) in [7, 11) is 0. The van der Waals surface area contributed by atoms with Gasteiger partial charge in [-0.1, -0.05) is 182 Å². The number of hydrogen-bond donors (Lipinski definition) is 1. The van der Waals surface area contributed by atoms with Gasteiger partial charge in [-0.3, -0.25) is 19.2 Å². The maximum absolute atomic E-state index is 14.2. The molecule has 0 saturated heterocycles. The van der Waals surface area contributed by atoms with Gasteiger partial charge in [-0.15, -0.1) is 0 Å². The predicted molar refractivity (Wildman–Crippen MR) is 217 cm³/mol. The highest BCUT2D eigenvalue weighted by atomic mass is 16.1. The summed E-state index contributed by atoms with van der Waals surface area (Å²) in [6, 6.07) is 3.05. The van der Waals surface area contributed by atoms with Gasteiger partial charge in [-0.2, -0.15) is 0 Å². The zero-order valence-corrected chi connectivity index (χ0v) is 33.8. The molecule has 0 fully saturated rings. The maximum atomic E-state index is 14.2. The molecular formula is C46H78NO4. The number of nitrogen functional groups attached to an aromatic ring is 1. The van der Waals surface area contributed by atoms with Crippen LogP contribution in [0.5, 0.6) is 0 Å². The van der Waals surface area contributed by atoms with Crippen molar-refractivity contribution in [3.8, 4) is 0 Å². The molecule has 0 amide bonds. The third-order valence-electron chi connectivity index (χ3n) is 10.4. The van der Waals surface area contributed by atoms with E-state index >= 15 is 0 Å². The largest absolute Gasteiger partial charge is 0.398 e. The normalized spacial score (nSPS) is 11.3. The molecule has 0 bridgehead atoms. The number of hydrogen-bond acceptors (Lipinski definition) is 5. The van der Waals surface area contributed by atoms with E-state index in [1.165, 1.54) is 77.0 Å². The number of carbonyl (C=O) groups excluding carboxylic acids is 4. The van der Waals surface area contributed by atoms with E-state index in [0.29, 0.717) is 12.8 Å². The zero-order chi connectivity index (χ0) is 37.5. The van der Waals surface area contributed by atoms with Gasteiger partial charge in [0.2, 0.25) is 0 Å². The molecule has 0 unspecified atom stereocenters. The number of nitrogens with two attached hydrogens (primary N) is 1. The fraction of sp³-hybridized carbons (Fsp3) is 0.783. The summed E-state index contributed by atoms with van der Waals surface area (Å²) < 4.78 is 0. The Morgan fingerprint density at radius 1 is 0.353 bits per heavy atom. The van der Waals surface area contributed by atoms with Gasteiger partial charge < -0.3 is 5.73 Å². The lowest BCUT2D eigenvalue weighted by atomic mass is 9.82. The second kappa shape index (κ2) is 31.2. The molecule has 5 nitrogen and oxygen atoms in total. The van der Waals surface area contributed by atoms with Gasteiger partial charge >= 0.3 is 0 Å². The van der Waals surface area contributed by atoms with Crippen molar-refractivity contribution in [2.24, 2.45) is 0 Å². The molecule has 1 aromatic rings. The van der Waals surface area contributed by atoms with E-state index in [4.69, 9.17) is 5.73 Å². The Morgan fingerprint density at radius 2 is 0.608 bits per heavy atom. The fourth-order valence-electron chi connectivity index (χ4n) is 7.17. The predicted octanol–water partition coefficient (Wildman–Crippen LogP) is 14.4. The van der Waals surface area contributed by atoms with Crippen LogP contribution < -0.4 is 5.73 Å². The summed E-state index contributed by atoms with van der Waals surface area (Å²) in [6.45, 7) is 8.81. The number of anilines is 1. The zero-order valence-electron chi connectivity index (χ0n) is 33.8. The second-order valence-electron chi connectivity index (χ2n) is 15.2. The van der Waals surface area contributed by atoms with Crippen molar-refractivity contribution >= 4 is 28.8 Å². The van der Waals surface area contributed by atoms with Crippen LogP contribution in [-0.2, 0) is 0 Å². The second-order valence-corrected chi connectivity index (χ2v) is 15.2. The van der Waals surface area contributed by atoms with E-state index in [0.717, 1.165) is 89.9 Å². The van der Waals surface area contributed by atoms with Crippen molar-refractivity contribution in [3.05, 3.63) is 28.3 Å². The Morgan fingerprint density at radius 3 is 0.941 bits per heavy atom. The molecule has 0 atom stereocenters. The van der Waals surface area contributed by atoms with Gasteiger partial charge in [0.1, 0.15) is 0 Å². The van der Waals surface area contributed by atoms with Crippen LogP contribution >= 0.6 is 0 Å². The van der Waals surface area contributed by atoms with Crippen LogP contribution in [-0.4, -0.2) is 23.1 Å². The summed E-state index contributed by atoms with van der Waals surface area (Å²) in [5.41, 5.74) is 7.19. The molecule has 291 valence electrons. The molecule has 2 N–H and O–H groups in total. The highest BCUT2D eigenvalue weighted by Gasteiger charge is 2.31. The van der Waals surface area contributed by atoms with Crippen molar-refractivity contribution in [1.29, 1.82) is 0 Å². The number of ketones is 4. The quantitative estimate of drug-likeness (QED) is 0.0425. The van der Waals surface area contributed by atoms with E-state index < -0.39 is 0 Å². The lowest BCUT2D eigenvalue weighted by molar-refractivity contribution is 0.0922. The minimum atomic E-state index is -0.222. The van der Waals surface area contributed by atoms with Crippen LogP contribution in [0.3, 0.4) is 0 Å². The van der Waals surface area contributed by atoms with Crippen molar-refractivity contribution in [3.63, 3.8) is 0 Å². The standard InChI is InChI=1S/C46H78NO4/c1-5-9-13-17-21-25-29-33-40(48)38-37-39(47)45(42(50)35-31-27-23-19-15-11-7-3)46(43(51)36-32-28-24-20-16-12-8-4)44(38)41(49)34-30-26-22-18-14-10-6-2/h5-36,47H2,1-4H3. The van der Waals surface area contributed by atoms with E-state index in [1.807, 2.05) is 0 Å². The fourth-order valence-corrected chi connectivity index (χ4v) is 7.17. The molecule has 0 saturated carbocycles. The molecule has 0 aromatic heterocycles. The van der Waals surface area contributed by atoms with Crippen molar-refractivity contribution < 1.29 is 19.2 Å². The Kier molecular flexibility index (Phi) is 28.6. The first-order valence-corrected chi connectivity index (χ1v) is 21.8. The van der Waals surface area contributed by atoms with E-state index in [-0.39, 0.29) is 76.8 Å². The smallest absolute Gasteiger partial charge is 0.165 e. The van der Waals surface area contributed by atoms with Crippen molar-refractivity contribution in [2.75, 3.05) is 5.73 Å². The Bertz CT molecular complexity index is 1110. The molecule has 1 radical (unpaired) electrons. The summed E-state index contributed by atoms with van der Waals surface area (Å²) in [5, 5.41) is 0. The summed E-state index contributed by atoms with van der Waals surface area (Å²) in [4.78, 5) is 56.2. The van der Waals surface area contributed by atoms with E-state index in [9.17, 15) is 19.2 Å². The molecule has 5 heteroatoms. The third-order valence-corrected chi connectivity index (χ3v) is 10.4. The van der Waals surface area contributed by atoms with Crippen LogP contribution in [0.25, 0.3) is 0 Å². The van der Waals surface area contributed by atoms with Gasteiger partial charge in [0.25, 0.3) is 0 Å². The molecule has 0 spiro atoms. The van der Waals surface area contributed by atoms with Crippen molar-refractivity contribution in [2.45, 2.75) is 233 Å². The lowest BCUT2D eigenvalue weighted by Gasteiger charge is -2.19. The number of Topliss-reactive ketones (excluding diaryl/α,β-unsaturated/α-hetero) is 4. The maximum Gasteiger partial charge on any atom is 0.165 e. The van der Waals surface area contributed by atoms with Gasteiger partial charge in [0.05, 0.1) is 11.3 Å². The molecule has 0 heterocycles. The molecule has 1 aromatic carbocycles. The minimum Gasteiger partial charge on any atom is -0.398 e. The monoisotopic (exact) mass is 709 g/mol. The topological polar surface area (TPSA) is 94.3 Å². The van der Waals surface area contributed by atoms with Gasteiger partial charge in [0.15, 0.2) is 23.1 Å². The van der Waals surface area contributed by atoms with Crippen LogP contribution in [0, 0.1) is 6.07 Å². The average Bonchev–Trinajstić information content (AvgIpc) is 3.12. The first-order valence-electron chi connectivity index (χ1n) is 21.8. The molecule has 0 aliphatic heterocycles. The molecular weight excluding hydrogens is 631 g/mol. The van der Waals surface area contributed by atoms with E-state index in [2.05, 4.69) is 33.8 Å². The van der Waals surface area contributed by atoms with Crippen LogP contribution in [0.4, 0.5) is 5.69 Å². The Balaban J connectivity index is 3.37. The first kappa shape index (κ1) is 46.7. The van der Waals surface area contributed by atoms with Crippen LogP contribution in [0.15, 0.2) is 0 Å². The molecule has 1 rings (SSSR count). The summed E-state index contributed by atoms with van der Waals surface area (Å²) in [6.07, 6.45) is 31.1. The van der Waals surface area contributed by atoms with E-state index in [1.54, 1.807) is 0 Å². The highest BCUT2D eigenvalue weighted by Crippen LogP contribution is 2.32. The lowest BCUT2D eigenvalue weighted by Crippen LogP contribution is -2.22. The number of unbranched alkanes of at least 4 members (excludes halogenated alkanes) is 24. The SMILES string of the molecule is CCCCCCCCCC(=O)c1[c]c(N)c(C(=O)CCCCCCCCC)c(C(=O)CCCCCCCCC)c1C(=O)CCCCCCCCC. The number of carbonyl (C=O) groups is 4. The highest BCUT2D eigenvalue weighted by molar-refractivity contribution is 6.21. The van der Waals surface area contributed by atoms with Gasteiger partial charge in [0, 0.05) is 48.4 Å². The Labute approximate surface area is 314 Å².